The molecule has 0 spiro atoms. The quantitative estimate of drug-likeness (QED) is 0.433. The van der Waals surface area contributed by atoms with E-state index in [0.717, 1.165) is 5.56 Å². The summed E-state index contributed by atoms with van der Waals surface area (Å²) in [6.45, 7) is 6.37. The van der Waals surface area contributed by atoms with Crippen molar-refractivity contribution in [2.75, 3.05) is 7.11 Å². The fraction of sp³-hybridized carbons (Fsp3) is 0.400. The standard InChI is InChI=1S/C15H22O3Si/c1-17-11-10-14(16)12-15(18-19(2,3)4)13-8-6-5-7-9-13/h5-11,15H,12H2,1-4H3/b11-10+/t15-/m0/s1. The highest BCUT2D eigenvalue weighted by molar-refractivity contribution is 6.69. The van der Waals surface area contributed by atoms with Crippen molar-refractivity contribution in [3.8, 4) is 0 Å². The number of ether oxygens (including phenoxy) is 1. The smallest absolute Gasteiger partial charge is 0.184 e. The van der Waals surface area contributed by atoms with Gasteiger partial charge in [0.1, 0.15) is 0 Å². The first-order chi connectivity index (χ1) is 8.92. The number of ketones is 1. The molecule has 0 heterocycles. The van der Waals surface area contributed by atoms with E-state index in [1.165, 1.54) is 19.4 Å². The maximum atomic E-state index is 11.8. The van der Waals surface area contributed by atoms with Crippen molar-refractivity contribution in [3.63, 3.8) is 0 Å². The van der Waals surface area contributed by atoms with Gasteiger partial charge in [-0.3, -0.25) is 4.79 Å². The molecule has 0 unspecified atom stereocenters. The lowest BCUT2D eigenvalue weighted by Crippen LogP contribution is -2.29. The predicted molar refractivity (Wildman–Crippen MR) is 79.4 cm³/mol. The number of rotatable bonds is 7. The molecule has 3 nitrogen and oxygen atoms in total. The molecule has 1 aromatic rings. The van der Waals surface area contributed by atoms with Crippen LogP contribution in [0.5, 0.6) is 0 Å². The molecule has 0 aliphatic heterocycles. The van der Waals surface area contributed by atoms with Crippen LogP contribution >= 0.6 is 0 Å². The molecule has 0 saturated carbocycles. The van der Waals surface area contributed by atoms with Crippen LogP contribution < -0.4 is 0 Å². The molecule has 0 amide bonds. The molecular weight excluding hydrogens is 256 g/mol. The zero-order valence-electron chi connectivity index (χ0n) is 12.1. The third-order valence-corrected chi connectivity index (χ3v) is 3.44. The van der Waals surface area contributed by atoms with E-state index < -0.39 is 8.32 Å². The molecule has 0 saturated heterocycles. The molecule has 1 rings (SSSR count). The second-order valence-electron chi connectivity index (χ2n) is 5.34. The number of hydrogen-bond acceptors (Lipinski definition) is 3. The fourth-order valence-corrected chi connectivity index (χ4v) is 2.79. The maximum absolute atomic E-state index is 11.8. The number of benzene rings is 1. The van der Waals surface area contributed by atoms with Gasteiger partial charge in [0.15, 0.2) is 14.1 Å². The fourth-order valence-electron chi connectivity index (χ4n) is 1.72. The Labute approximate surface area is 116 Å². The van der Waals surface area contributed by atoms with E-state index >= 15 is 0 Å². The summed E-state index contributed by atoms with van der Waals surface area (Å²) in [6, 6.07) is 9.88. The summed E-state index contributed by atoms with van der Waals surface area (Å²) < 4.78 is 10.9. The Bertz CT molecular complexity index is 421. The maximum Gasteiger partial charge on any atom is 0.184 e. The van der Waals surface area contributed by atoms with E-state index in [-0.39, 0.29) is 11.9 Å². The minimum absolute atomic E-state index is 0.00829. The first kappa shape index (κ1) is 15.7. The van der Waals surface area contributed by atoms with Gasteiger partial charge in [-0.25, -0.2) is 0 Å². The van der Waals surface area contributed by atoms with Crippen molar-refractivity contribution >= 4 is 14.1 Å². The van der Waals surface area contributed by atoms with Gasteiger partial charge < -0.3 is 9.16 Å². The zero-order chi connectivity index (χ0) is 14.3. The van der Waals surface area contributed by atoms with Crippen molar-refractivity contribution in [3.05, 3.63) is 48.2 Å². The minimum atomic E-state index is -1.71. The van der Waals surface area contributed by atoms with Crippen molar-refractivity contribution in [2.45, 2.75) is 32.2 Å². The van der Waals surface area contributed by atoms with E-state index in [9.17, 15) is 4.79 Å². The van der Waals surface area contributed by atoms with Gasteiger partial charge in [-0.15, -0.1) is 0 Å². The third kappa shape index (κ3) is 6.36. The molecular formula is C15H22O3Si. The van der Waals surface area contributed by atoms with Gasteiger partial charge in [0.25, 0.3) is 0 Å². The van der Waals surface area contributed by atoms with Crippen LogP contribution in [0, 0.1) is 0 Å². The van der Waals surface area contributed by atoms with Gasteiger partial charge in [-0.05, 0) is 25.2 Å². The Hall–Kier alpha value is -1.39. The largest absolute Gasteiger partial charge is 0.504 e. The van der Waals surface area contributed by atoms with Crippen LogP contribution in [-0.4, -0.2) is 21.2 Å². The number of carbonyl (C=O) groups excluding carboxylic acids is 1. The highest BCUT2D eigenvalue weighted by atomic mass is 28.4. The summed E-state index contributed by atoms with van der Waals surface area (Å²) in [7, 11) is -0.184. The highest BCUT2D eigenvalue weighted by Crippen LogP contribution is 2.25. The van der Waals surface area contributed by atoms with Crippen LogP contribution in [0.1, 0.15) is 18.1 Å². The lowest BCUT2D eigenvalue weighted by atomic mass is 10.0. The van der Waals surface area contributed by atoms with Crippen molar-refractivity contribution in [1.82, 2.24) is 0 Å². The summed E-state index contributed by atoms with van der Waals surface area (Å²) in [5, 5.41) is 0. The van der Waals surface area contributed by atoms with Crippen LogP contribution in [0.25, 0.3) is 0 Å². The molecule has 0 aliphatic carbocycles. The normalized spacial score (nSPS) is 13.5. The summed E-state index contributed by atoms with van der Waals surface area (Å²) >= 11 is 0. The topological polar surface area (TPSA) is 35.5 Å². The van der Waals surface area contributed by atoms with Crippen LogP contribution in [0.2, 0.25) is 19.6 Å². The van der Waals surface area contributed by atoms with Gasteiger partial charge in [0.05, 0.1) is 19.5 Å². The number of carbonyl (C=O) groups is 1. The summed E-state index contributed by atoms with van der Waals surface area (Å²) in [4.78, 5) is 11.8. The van der Waals surface area contributed by atoms with E-state index in [4.69, 9.17) is 9.16 Å². The van der Waals surface area contributed by atoms with E-state index in [0.29, 0.717) is 6.42 Å². The average molecular weight is 278 g/mol. The second-order valence-corrected chi connectivity index (χ2v) is 9.80. The monoisotopic (exact) mass is 278 g/mol. The second kappa shape index (κ2) is 7.26. The molecule has 19 heavy (non-hydrogen) atoms. The first-order valence-electron chi connectivity index (χ1n) is 6.37. The van der Waals surface area contributed by atoms with Crippen LogP contribution in [-0.2, 0) is 14.0 Å². The zero-order valence-corrected chi connectivity index (χ0v) is 13.1. The van der Waals surface area contributed by atoms with E-state index in [1.807, 2.05) is 30.3 Å². The third-order valence-electron chi connectivity index (χ3n) is 2.44. The molecule has 1 atom stereocenters. The van der Waals surface area contributed by atoms with Gasteiger partial charge >= 0.3 is 0 Å². The Morgan fingerprint density at radius 2 is 1.89 bits per heavy atom. The number of allylic oxidation sites excluding steroid dienone is 1. The van der Waals surface area contributed by atoms with Crippen LogP contribution in [0.15, 0.2) is 42.7 Å². The van der Waals surface area contributed by atoms with Crippen molar-refractivity contribution in [2.24, 2.45) is 0 Å². The Balaban J connectivity index is 2.82. The Morgan fingerprint density at radius 3 is 2.42 bits per heavy atom. The Morgan fingerprint density at radius 1 is 1.26 bits per heavy atom. The number of methoxy groups -OCH3 is 1. The van der Waals surface area contributed by atoms with Crippen molar-refractivity contribution in [1.29, 1.82) is 0 Å². The summed E-state index contributed by atoms with van der Waals surface area (Å²) in [5.74, 6) is 0.00829. The minimum Gasteiger partial charge on any atom is -0.504 e. The van der Waals surface area contributed by atoms with Gasteiger partial charge in [0, 0.05) is 12.5 Å². The molecule has 0 fully saturated rings. The highest BCUT2D eigenvalue weighted by Gasteiger charge is 2.23. The predicted octanol–water partition coefficient (Wildman–Crippen LogP) is 3.70. The SMILES string of the molecule is CO/C=C/C(=O)C[C@H](O[Si](C)(C)C)c1ccccc1. The molecule has 104 valence electrons. The first-order valence-corrected chi connectivity index (χ1v) is 9.78. The molecule has 0 N–H and O–H groups in total. The molecule has 0 aliphatic rings. The van der Waals surface area contributed by atoms with Crippen molar-refractivity contribution < 1.29 is 14.0 Å². The molecule has 0 radical (unpaired) electrons. The molecule has 1 aromatic carbocycles. The lowest BCUT2D eigenvalue weighted by molar-refractivity contribution is -0.116. The molecule has 0 aromatic heterocycles. The summed E-state index contributed by atoms with van der Waals surface area (Å²) in [6.07, 6.45) is 3.01. The lowest BCUT2D eigenvalue weighted by Gasteiger charge is -2.26. The van der Waals surface area contributed by atoms with Gasteiger partial charge in [-0.1, -0.05) is 30.3 Å². The van der Waals surface area contributed by atoms with Crippen LogP contribution in [0.3, 0.4) is 0 Å². The van der Waals surface area contributed by atoms with Gasteiger partial charge in [-0.2, -0.15) is 0 Å². The molecule has 4 heteroatoms. The van der Waals surface area contributed by atoms with Crippen LogP contribution in [0.4, 0.5) is 0 Å². The molecule has 0 bridgehead atoms. The van der Waals surface area contributed by atoms with Gasteiger partial charge in [0.2, 0.25) is 0 Å². The van der Waals surface area contributed by atoms with E-state index in [2.05, 4.69) is 19.6 Å². The Kier molecular flexibility index (Phi) is 5.98. The number of hydrogen-bond donors (Lipinski definition) is 0. The summed E-state index contributed by atoms with van der Waals surface area (Å²) in [5.41, 5.74) is 1.05. The van der Waals surface area contributed by atoms with E-state index in [1.54, 1.807) is 0 Å². The average Bonchev–Trinajstić information content (AvgIpc) is 2.35.